The Morgan fingerprint density at radius 2 is 2.00 bits per heavy atom. The lowest BCUT2D eigenvalue weighted by Crippen LogP contribution is -2.46. The van der Waals surface area contributed by atoms with Crippen LogP contribution >= 0.6 is 0 Å². The van der Waals surface area contributed by atoms with E-state index in [1.807, 2.05) is 0 Å². The van der Waals surface area contributed by atoms with Crippen LogP contribution in [0.15, 0.2) is 24.3 Å². The topological polar surface area (TPSA) is 121 Å². The number of carbonyl (C=O) groups excluding carboxylic acids is 3. The fourth-order valence-corrected chi connectivity index (χ4v) is 4.51. The zero-order valence-electron chi connectivity index (χ0n) is 12.7. The van der Waals surface area contributed by atoms with Crippen molar-refractivity contribution >= 4 is 33.2 Å². The van der Waals surface area contributed by atoms with Gasteiger partial charge >= 0.3 is 0 Å². The van der Waals surface area contributed by atoms with Gasteiger partial charge in [-0.15, -0.1) is 0 Å². The minimum atomic E-state index is -3.10. The predicted octanol–water partition coefficient (Wildman–Crippen LogP) is -0.569. The Balaban J connectivity index is 1.64. The molecular weight excluding hydrogens is 334 g/mol. The third-order valence-corrected chi connectivity index (χ3v) is 5.81. The number of carbonyl (C=O) groups is 3. The highest BCUT2D eigenvalue weighted by Crippen LogP contribution is 2.19. The second-order valence-electron chi connectivity index (χ2n) is 5.93. The molecule has 0 aromatic heterocycles. The number of rotatable bonds is 3. The first-order valence-electron chi connectivity index (χ1n) is 7.54. The number of sulfone groups is 1. The summed E-state index contributed by atoms with van der Waals surface area (Å²) in [6, 6.07) is 5.11. The van der Waals surface area contributed by atoms with E-state index < -0.39 is 39.6 Å². The first kappa shape index (κ1) is 16.4. The van der Waals surface area contributed by atoms with Crippen LogP contribution in [0.3, 0.4) is 0 Å². The van der Waals surface area contributed by atoms with Crippen molar-refractivity contribution in [2.45, 2.75) is 24.9 Å². The summed E-state index contributed by atoms with van der Waals surface area (Å²) >= 11 is 0. The summed E-state index contributed by atoms with van der Waals surface area (Å²) in [6.07, 6.45) is 0.116. The molecule has 2 atom stereocenters. The van der Waals surface area contributed by atoms with Gasteiger partial charge in [-0.2, -0.15) is 0 Å². The number of fused-ring (bicyclic) bond motifs is 1. The molecule has 1 aromatic rings. The van der Waals surface area contributed by atoms with Crippen LogP contribution in [0.2, 0.25) is 0 Å². The number of amides is 3. The third-order valence-electron chi connectivity index (χ3n) is 4.04. The third kappa shape index (κ3) is 3.56. The van der Waals surface area contributed by atoms with Gasteiger partial charge in [0.15, 0.2) is 9.84 Å². The molecule has 1 aromatic carbocycles. The normalized spacial score (nSPS) is 25.2. The lowest BCUT2D eigenvalue weighted by atomic mass is 10.1. The Hall–Kier alpha value is -2.42. The minimum absolute atomic E-state index is 0.0495. The molecule has 128 valence electrons. The molecular formula is C15H17N3O5S. The number of hydrogen-bond acceptors (Lipinski definition) is 5. The van der Waals surface area contributed by atoms with Gasteiger partial charge in [0.25, 0.3) is 5.91 Å². The predicted molar refractivity (Wildman–Crippen MR) is 86.1 cm³/mol. The number of anilines is 1. The quantitative estimate of drug-likeness (QED) is 0.673. The maximum absolute atomic E-state index is 12.2. The molecule has 3 rings (SSSR count). The van der Waals surface area contributed by atoms with Gasteiger partial charge < -0.3 is 16.0 Å². The van der Waals surface area contributed by atoms with Crippen molar-refractivity contribution in [2.24, 2.45) is 0 Å². The fourth-order valence-electron chi connectivity index (χ4n) is 2.84. The average molecular weight is 351 g/mol. The van der Waals surface area contributed by atoms with Crippen molar-refractivity contribution in [2.75, 3.05) is 16.8 Å². The molecule has 0 saturated carbocycles. The maximum atomic E-state index is 12.2. The van der Waals surface area contributed by atoms with Crippen LogP contribution in [0, 0.1) is 0 Å². The van der Waals surface area contributed by atoms with E-state index in [0.29, 0.717) is 17.7 Å². The highest BCUT2D eigenvalue weighted by Gasteiger charge is 2.32. The molecule has 9 heteroatoms. The average Bonchev–Trinajstić information content (AvgIpc) is 2.79. The van der Waals surface area contributed by atoms with Gasteiger partial charge in [-0.25, -0.2) is 8.42 Å². The summed E-state index contributed by atoms with van der Waals surface area (Å²) in [5, 5.41) is 7.75. The molecule has 0 spiro atoms. The van der Waals surface area contributed by atoms with Crippen molar-refractivity contribution in [3.63, 3.8) is 0 Å². The zero-order valence-corrected chi connectivity index (χ0v) is 13.6. The lowest BCUT2D eigenvalue weighted by Gasteiger charge is -2.16. The summed E-state index contributed by atoms with van der Waals surface area (Å²) in [5.74, 6) is -1.43. The summed E-state index contributed by atoms with van der Waals surface area (Å²) in [6.45, 7) is 0. The van der Waals surface area contributed by atoms with Crippen LogP contribution in [0.4, 0.5) is 5.69 Å². The highest BCUT2D eigenvalue weighted by molar-refractivity contribution is 7.91. The zero-order chi connectivity index (χ0) is 17.3. The summed E-state index contributed by atoms with van der Waals surface area (Å²) in [5.41, 5.74) is 0.723. The van der Waals surface area contributed by atoms with E-state index in [0.717, 1.165) is 0 Å². The fraction of sp³-hybridized carbons (Fsp3) is 0.400. The molecule has 1 saturated heterocycles. The number of nitrogens with one attached hydrogen (secondary N) is 3. The van der Waals surface area contributed by atoms with E-state index >= 15 is 0 Å². The van der Waals surface area contributed by atoms with Crippen LogP contribution < -0.4 is 16.0 Å². The van der Waals surface area contributed by atoms with Crippen molar-refractivity contribution in [3.8, 4) is 0 Å². The van der Waals surface area contributed by atoms with Crippen LogP contribution in [-0.2, 0) is 19.4 Å². The van der Waals surface area contributed by atoms with Crippen molar-refractivity contribution < 1.29 is 22.8 Å². The van der Waals surface area contributed by atoms with E-state index in [-0.39, 0.29) is 17.9 Å². The van der Waals surface area contributed by atoms with E-state index in [4.69, 9.17) is 0 Å². The van der Waals surface area contributed by atoms with E-state index in [1.54, 1.807) is 24.3 Å². The van der Waals surface area contributed by atoms with Gasteiger partial charge in [0.1, 0.15) is 6.04 Å². The SMILES string of the molecule is O=C(C[C@@H]1NC(=O)c2ccccc2NC1=O)N[C@H]1CCS(=O)(=O)C1. The summed E-state index contributed by atoms with van der Waals surface area (Å²) < 4.78 is 22.8. The van der Waals surface area contributed by atoms with Gasteiger partial charge in [-0.3, -0.25) is 14.4 Å². The van der Waals surface area contributed by atoms with Gasteiger partial charge in [0.2, 0.25) is 11.8 Å². The maximum Gasteiger partial charge on any atom is 0.254 e. The largest absolute Gasteiger partial charge is 0.352 e. The Labute approximate surface area is 138 Å². The van der Waals surface area contributed by atoms with Gasteiger partial charge in [-0.05, 0) is 18.6 Å². The summed E-state index contributed by atoms with van der Waals surface area (Å²) in [4.78, 5) is 36.4. The first-order chi connectivity index (χ1) is 11.3. The number of para-hydroxylation sites is 1. The number of benzene rings is 1. The standard InChI is InChI=1S/C15H17N3O5S/c19-13(16-9-5-6-24(22,23)8-9)7-12-15(21)17-11-4-2-1-3-10(11)14(20)18-12/h1-4,9,12H,5-8H2,(H,16,19)(H,17,21)(H,18,20)/t9-,12-/m0/s1. The molecule has 2 aliphatic heterocycles. The molecule has 24 heavy (non-hydrogen) atoms. The Kier molecular flexibility index (Phi) is 4.27. The molecule has 8 nitrogen and oxygen atoms in total. The Morgan fingerprint density at radius 1 is 1.25 bits per heavy atom. The highest BCUT2D eigenvalue weighted by atomic mass is 32.2. The van der Waals surface area contributed by atoms with E-state index in [1.165, 1.54) is 0 Å². The van der Waals surface area contributed by atoms with Crippen molar-refractivity contribution in [1.82, 2.24) is 10.6 Å². The Morgan fingerprint density at radius 3 is 2.71 bits per heavy atom. The van der Waals surface area contributed by atoms with Crippen LogP contribution in [0.5, 0.6) is 0 Å². The van der Waals surface area contributed by atoms with Gasteiger partial charge in [0, 0.05) is 6.04 Å². The molecule has 3 N–H and O–H groups in total. The van der Waals surface area contributed by atoms with Crippen LogP contribution in [0.25, 0.3) is 0 Å². The second-order valence-corrected chi connectivity index (χ2v) is 8.16. The molecule has 3 amide bonds. The smallest absolute Gasteiger partial charge is 0.254 e. The number of hydrogen-bond donors (Lipinski definition) is 3. The Bertz CT molecular complexity index is 805. The van der Waals surface area contributed by atoms with Crippen molar-refractivity contribution in [3.05, 3.63) is 29.8 Å². The molecule has 2 heterocycles. The van der Waals surface area contributed by atoms with E-state index in [9.17, 15) is 22.8 Å². The minimum Gasteiger partial charge on any atom is -0.352 e. The van der Waals surface area contributed by atoms with Crippen LogP contribution in [0.1, 0.15) is 23.2 Å². The monoisotopic (exact) mass is 351 g/mol. The van der Waals surface area contributed by atoms with E-state index in [2.05, 4.69) is 16.0 Å². The summed E-state index contributed by atoms with van der Waals surface area (Å²) in [7, 11) is -3.10. The van der Waals surface area contributed by atoms with Crippen molar-refractivity contribution in [1.29, 1.82) is 0 Å². The first-order valence-corrected chi connectivity index (χ1v) is 9.37. The molecule has 2 aliphatic rings. The van der Waals surface area contributed by atoms with Gasteiger partial charge in [-0.1, -0.05) is 12.1 Å². The molecule has 1 fully saturated rings. The molecule has 0 aliphatic carbocycles. The van der Waals surface area contributed by atoms with Crippen LogP contribution in [-0.4, -0.2) is 49.7 Å². The second kappa shape index (κ2) is 6.23. The molecule has 0 radical (unpaired) electrons. The molecule has 0 unspecified atom stereocenters. The molecule has 0 bridgehead atoms. The lowest BCUT2D eigenvalue weighted by molar-refractivity contribution is -0.126. The van der Waals surface area contributed by atoms with Gasteiger partial charge in [0.05, 0.1) is 29.2 Å².